The summed E-state index contributed by atoms with van der Waals surface area (Å²) in [6, 6.07) is 0. The summed E-state index contributed by atoms with van der Waals surface area (Å²) in [6.45, 7) is 9.68. The highest BCUT2D eigenvalue weighted by Gasteiger charge is 2.30. The third kappa shape index (κ3) is 78.7. The molecule has 3 N–H and O–H groups in total. The lowest BCUT2D eigenvalue weighted by molar-refractivity contribution is -0.161. The normalized spacial score (nSPS) is 14.1. The molecule has 0 rings (SSSR count). The molecule has 0 saturated heterocycles. The standard InChI is InChI=1S/C87H170O17P2/c1-7-10-12-14-16-18-20-22-24-26-28-29-31-33-35-37-39-46-53-59-65-71-86(91)103-82(75-97-84(89)69-63-57-51-45-38-36-34-32-30-27-25-23-21-19-17-15-13-11-8-2)77-101-105(93,94)99-73-81(88)74-100-106(95,96)102-78-83(76-98-85(90)70-64-58-52-48-42-43-49-55-61-67-79(4)5)104-87(92)72-66-60-54-47-41-40-44-50-56-62-68-80(6)9-3/h79-83,88H,7-78H2,1-6H3,(H,93,94)(H,95,96)/t80?,81-,82-,83-/m1/s1. The number of hydrogen-bond donors (Lipinski definition) is 3. The predicted molar refractivity (Wildman–Crippen MR) is 437 cm³/mol. The van der Waals surface area contributed by atoms with E-state index in [2.05, 4.69) is 41.5 Å². The molecule has 6 atom stereocenters. The monoisotopic (exact) mass is 1550 g/mol. The van der Waals surface area contributed by atoms with Crippen molar-refractivity contribution in [2.24, 2.45) is 11.8 Å². The van der Waals surface area contributed by atoms with E-state index in [1.54, 1.807) is 0 Å². The molecule has 0 aliphatic rings. The van der Waals surface area contributed by atoms with E-state index in [1.807, 2.05) is 0 Å². The molecule has 0 heterocycles. The quantitative estimate of drug-likeness (QED) is 0.0222. The van der Waals surface area contributed by atoms with Crippen LogP contribution in [0, 0.1) is 11.8 Å². The first kappa shape index (κ1) is 104. The number of phosphoric acid groups is 2. The van der Waals surface area contributed by atoms with Crippen molar-refractivity contribution in [3.8, 4) is 0 Å². The number of carbonyl (C=O) groups excluding carboxylic acids is 4. The molecule has 0 aliphatic heterocycles. The van der Waals surface area contributed by atoms with Crippen LogP contribution in [0.25, 0.3) is 0 Å². The second-order valence-electron chi connectivity index (χ2n) is 32.0. The van der Waals surface area contributed by atoms with E-state index >= 15 is 0 Å². The molecule has 0 aromatic heterocycles. The van der Waals surface area contributed by atoms with Crippen molar-refractivity contribution >= 4 is 39.5 Å². The van der Waals surface area contributed by atoms with Gasteiger partial charge in [-0.05, 0) is 37.5 Å². The number of carbonyl (C=O) groups is 4. The summed E-state index contributed by atoms with van der Waals surface area (Å²) in [7, 11) is -9.93. The third-order valence-electron chi connectivity index (χ3n) is 20.8. The van der Waals surface area contributed by atoms with Gasteiger partial charge in [0.05, 0.1) is 26.4 Å². The molecule has 17 nitrogen and oxygen atoms in total. The molecule has 19 heteroatoms. The lowest BCUT2D eigenvalue weighted by atomic mass is 9.99. The first-order valence-electron chi connectivity index (χ1n) is 45.0. The van der Waals surface area contributed by atoms with Gasteiger partial charge in [-0.3, -0.25) is 37.3 Å². The predicted octanol–water partition coefficient (Wildman–Crippen LogP) is 26.6. The maximum Gasteiger partial charge on any atom is 0.472 e. The topological polar surface area (TPSA) is 237 Å². The highest BCUT2D eigenvalue weighted by molar-refractivity contribution is 7.47. The number of aliphatic hydroxyl groups is 1. The third-order valence-corrected chi connectivity index (χ3v) is 22.7. The van der Waals surface area contributed by atoms with E-state index in [1.165, 1.54) is 283 Å². The van der Waals surface area contributed by atoms with Crippen LogP contribution in [0.2, 0.25) is 0 Å². The van der Waals surface area contributed by atoms with Crippen molar-refractivity contribution in [1.29, 1.82) is 0 Å². The van der Waals surface area contributed by atoms with Gasteiger partial charge in [0.2, 0.25) is 0 Å². The van der Waals surface area contributed by atoms with Gasteiger partial charge in [0, 0.05) is 25.7 Å². The highest BCUT2D eigenvalue weighted by Crippen LogP contribution is 2.45. The Morgan fingerprint density at radius 1 is 0.274 bits per heavy atom. The van der Waals surface area contributed by atoms with E-state index in [0.717, 1.165) is 102 Å². The number of rotatable bonds is 86. The van der Waals surface area contributed by atoms with E-state index in [-0.39, 0.29) is 25.7 Å². The number of phosphoric ester groups is 2. The zero-order valence-corrected chi connectivity index (χ0v) is 71.5. The molecule has 0 bridgehead atoms. The molecule has 0 saturated carbocycles. The minimum atomic E-state index is -4.97. The van der Waals surface area contributed by atoms with E-state index in [9.17, 15) is 43.2 Å². The summed E-state index contributed by atoms with van der Waals surface area (Å²) in [6.07, 6.45) is 70.9. The average Bonchev–Trinajstić information content (AvgIpc) is 0.903. The van der Waals surface area contributed by atoms with Crippen LogP contribution in [0.4, 0.5) is 0 Å². The van der Waals surface area contributed by atoms with Crippen LogP contribution in [-0.4, -0.2) is 96.7 Å². The average molecular weight is 1550 g/mol. The molecular weight excluding hydrogens is 1380 g/mol. The second kappa shape index (κ2) is 78.3. The Bertz CT molecular complexity index is 2030. The van der Waals surface area contributed by atoms with Crippen LogP contribution in [0.5, 0.6) is 0 Å². The van der Waals surface area contributed by atoms with E-state index < -0.39 is 97.5 Å². The van der Waals surface area contributed by atoms with E-state index in [4.69, 9.17) is 37.0 Å². The minimum Gasteiger partial charge on any atom is -0.462 e. The lowest BCUT2D eigenvalue weighted by Crippen LogP contribution is -2.30. The second-order valence-corrected chi connectivity index (χ2v) is 34.9. The minimum absolute atomic E-state index is 0.106. The van der Waals surface area contributed by atoms with Gasteiger partial charge in [0.25, 0.3) is 0 Å². The Hall–Kier alpha value is -1.94. The van der Waals surface area contributed by atoms with Crippen LogP contribution in [0.3, 0.4) is 0 Å². The Kier molecular flexibility index (Phi) is 76.9. The lowest BCUT2D eigenvalue weighted by Gasteiger charge is -2.21. The largest absolute Gasteiger partial charge is 0.472 e. The maximum atomic E-state index is 13.2. The summed E-state index contributed by atoms with van der Waals surface area (Å²) in [5.41, 5.74) is 0. The number of aliphatic hydroxyl groups excluding tert-OH is 1. The van der Waals surface area contributed by atoms with Crippen LogP contribution in [0.1, 0.15) is 465 Å². The summed E-state index contributed by atoms with van der Waals surface area (Å²) in [4.78, 5) is 73.3. The zero-order valence-electron chi connectivity index (χ0n) is 69.7. The van der Waals surface area contributed by atoms with Gasteiger partial charge in [0.15, 0.2) is 12.2 Å². The van der Waals surface area contributed by atoms with Crippen molar-refractivity contribution in [3.63, 3.8) is 0 Å². The molecule has 0 aromatic carbocycles. The Morgan fingerprint density at radius 2 is 0.481 bits per heavy atom. The maximum absolute atomic E-state index is 13.2. The van der Waals surface area contributed by atoms with Crippen LogP contribution >= 0.6 is 15.6 Å². The van der Waals surface area contributed by atoms with Crippen LogP contribution < -0.4 is 0 Å². The Balaban J connectivity index is 5.24. The fraction of sp³-hybridized carbons (Fsp3) is 0.954. The molecule has 630 valence electrons. The van der Waals surface area contributed by atoms with Gasteiger partial charge < -0.3 is 33.8 Å². The number of hydrogen-bond acceptors (Lipinski definition) is 15. The number of unbranched alkanes of at least 4 members (excludes halogenated alkanes) is 55. The van der Waals surface area contributed by atoms with Gasteiger partial charge in [-0.2, -0.15) is 0 Å². The molecule has 0 aliphatic carbocycles. The van der Waals surface area contributed by atoms with Crippen molar-refractivity contribution in [3.05, 3.63) is 0 Å². The number of ether oxygens (including phenoxy) is 4. The van der Waals surface area contributed by atoms with Gasteiger partial charge >= 0.3 is 39.5 Å². The Morgan fingerprint density at radius 3 is 0.717 bits per heavy atom. The van der Waals surface area contributed by atoms with Crippen molar-refractivity contribution in [1.82, 2.24) is 0 Å². The summed E-state index contributed by atoms with van der Waals surface area (Å²) in [5.74, 6) is -0.555. The molecule has 0 radical (unpaired) electrons. The smallest absolute Gasteiger partial charge is 0.462 e. The van der Waals surface area contributed by atoms with Crippen LogP contribution in [0.15, 0.2) is 0 Å². The first-order valence-corrected chi connectivity index (χ1v) is 48.0. The summed E-state index contributed by atoms with van der Waals surface area (Å²) in [5, 5.41) is 10.7. The molecule has 0 amide bonds. The summed E-state index contributed by atoms with van der Waals surface area (Å²) >= 11 is 0. The van der Waals surface area contributed by atoms with Gasteiger partial charge in [-0.1, -0.05) is 414 Å². The molecular formula is C87H170O17P2. The van der Waals surface area contributed by atoms with Gasteiger partial charge in [-0.25, -0.2) is 9.13 Å². The Labute approximate surface area is 651 Å². The van der Waals surface area contributed by atoms with Gasteiger partial charge in [-0.15, -0.1) is 0 Å². The van der Waals surface area contributed by atoms with Crippen LogP contribution in [-0.2, 0) is 65.4 Å². The molecule has 0 fully saturated rings. The number of esters is 4. The van der Waals surface area contributed by atoms with Crippen molar-refractivity contribution in [2.45, 2.75) is 484 Å². The summed E-state index contributed by atoms with van der Waals surface area (Å²) < 4.78 is 68.9. The SMILES string of the molecule is CCCCCCCCCCCCCCCCCCCCCCCC(=O)O[C@H](COC(=O)CCCCCCCCCCCCCCCCCCCCC)COP(=O)(O)OC[C@@H](O)COP(=O)(O)OC[C@@H](COC(=O)CCCCCCCCCCCC(C)C)OC(=O)CCCCCCCCCCCCC(C)CC. The molecule has 0 spiro atoms. The first-order chi connectivity index (χ1) is 51.4. The molecule has 0 aromatic rings. The van der Waals surface area contributed by atoms with E-state index in [0.29, 0.717) is 25.7 Å². The molecule has 3 unspecified atom stereocenters. The van der Waals surface area contributed by atoms with Crippen molar-refractivity contribution in [2.75, 3.05) is 39.6 Å². The fourth-order valence-electron chi connectivity index (χ4n) is 13.6. The zero-order chi connectivity index (χ0) is 77.8. The molecule has 106 heavy (non-hydrogen) atoms. The highest BCUT2D eigenvalue weighted by atomic mass is 31.2. The fourth-order valence-corrected chi connectivity index (χ4v) is 15.1. The van der Waals surface area contributed by atoms with Gasteiger partial charge in [0.1, 0.15) is 19.3 Å². The van der Waals surface area contributed by atoms with Crippen molar-refractivity contribution < 1.29 is 80.2 Å².